The zero-order chi connectivity index (χ0) is 19.2. The molecule has 1 unspecified atom stereocenters. The van der Waals surface area contributed by atoms with Crippen LogP contribution in [0.1, 0.15) is 62.7 Å². The monoisotopic (exact) mass is 372 g/mol. The SMILES string of the molecule is CC(C(=O)c1ccc(OCCCN2CCC[C@@H]2C)cc1)N1CCCCC1=O. The molecule has 2 atom stereocenters. The number of carbonyl (C=O) groups excluding carboxylic acids is 2. The van der Waals surface area contributed by atoms with E-state index in [4.69, 9.17) is 4.74 Å². The molecule has 2 fully saturated rings. The Balaban J connectivity index is 1.46. The summed E-state index contributed by atoms with van der Waals surface area (Å²) in [6.45, 7) is 7.78. The van der Waals surface area contributed by atoms with Crippen LogP contribution < -0.4 is 4.74 Å². The Hall–Kier alpha value is -1.88. The highest BCUT2D eigenvalue weighted by Crippen LogP contribution is 2.20. The van der Waals surface area contributed by atoms with Gasteiger partial charge in [-0.15, -0.1) is 0 Å². The molecule has 0 bridgehead atoms. The number of piperidine rings is 1. The van der Waals surface area contributed by atoms with E-state index in [9.17, 15) is 9.59 Å². The minimum atomic E-state index is -0.396. The number of nitrogens with zero attached hydrogens (tertiary/aromatic N) is 2. The van der Waals surface area contributed by atoms with Crippen LogP contribution in [-0.2, 0) is 4.79 Å². The van der Waals surface area contributed by atoms with E-state index in [1.807, 2.05) is 31.2 Å². The molecule has 2 aliphatic rings. The quantitative estimate of drug-likeness (QED) is 0.517. The third-order valence-electron chi connectivity index (χ3n) is 5.89. The molecular formula is C22H32N2O3. The maximum absolute atomic E-state index is 12.7. The molecule has 5 heteroatoms. The molecule has 0 radical (unpaired) electrons. The number of hydrogen-bond acceptors (Lipinski definition) is 4. The Morgan fingerprint density at radius 1 is 1.19 bits per heavy atom. The van der Waals surface area contributed by atoms with Gasteiger partial charge in [0.1, 0.15) is 5.75 Å². The molecule has 2 aliphatic heterocycles. The molecule has 0 saturated carbocycles. The second-order valence-corrected chi connectivity index (χ2v) is 7.84. The minimum absolute atomic E-state index is 0.000166. The summed E-state index contributed by atoms with van der Waals surface area (Å²) in [4.78, 5) is 29.0. The van der Waals surface area contributed by atoms with Gasteiger partial charge in [0.05, 0.1) is 12.6 Å². The first kappa shape index (κ1) is 19.9. The van der Waals surface area contributed by atoms with E-state index in [1.54, 1.807) is 4.90 Å². The molecule has 0 aromatic heterocycles. The number of ketones is 1. The summed E-state index contributed by atoms with van der Waals surface area (Å²) < 4.78 is 5.83. The maximum Gasteiger partial charge on any atom is 0.223 e. The zero-order valence-electron chi connectivity index (χ0n) is 16.7. The van der Waals surface area contributed by atoms with Gasteiger partial charge in [-0.3, -0.25) is 9.59 Å². The average Bonchev–Trinajstić information content (AvgIpc) is 3.10. The van der Waals surface area contributed by atoms with Gasteiger partial charge in [0.2, 0.25) is 5.91 Å². The van der Waals surface area contributed by atoms with Crippen LogP contribution in [0, 0.1) is 0 Å². The van der Waals surface area contributed by atoms with Gasteiger partial charge < -0.3 is 14.5 Å². The summed E-state index contributed by atoms with van der Waals surface area (Å²) in [6, 6.07) is 7.64. The Morgan fingerprint density at radius 3 is 2.63 bits per heavy atom. The highest BCUT2D eigenvalue weighted by molar-refractivity contribution is 6.01. The fraction of sp³-hybridized carbons (Fsp3) is 0.636. The van der Waals surface area contributed by atoms with Crippen LogP contribution in [0.2, 0.25) is 0 Å². The smallest absolute Gasteiger partial charge is 0.223 e. The average molecular weight is 373 g/mol. The summed E-state index contributed by atoms with van der Waals surface area (Å²) in [6.07, 6.45) is 6.09. The number of rotatable bonds is 8. The van der Waals surface area contributed by atoms with Crippen molar-refractivity contribution in [1.29, 1.82) is 0 Å². The molecule has 2 saturated heterocycles. The van der Waals surface area contributed by atoms with Crippen molar-refractivity contribution in [3.63, 3.8) is 0 Å². The van der Waals surface area contributed by atoms with Gasteiger partial charge in [-0.25, -0.2) is 0 Å². The van der Waals surface area contributed by atoms with Gasteiger partial charge in [0, 0.05) is 31.1 Å². The largest absolute Gasteiger partial charge is 0.494 e. The van der Waals surface area contributed by atoms with Crippen LogP contribution >= 0.6 is 0 Å². The van der Waals surface area contributed by atoms with E-state index in [2.05, 4.69) is 11.8 Å². The third kappa shape index (κ3) is 5.10. The molecule has 1 aromatic rings. The van der Waals surface area contributed by atoms with Crippen molar-refractivity contribution in [2.45, 2.75) is 64.5 Å². The fourth-order valence-corrected chi connectivity index (χ4v) is 4.12. The van der Waals surface area contributed by atoms with Crippen LogP contribution in [0.3, 0.4) is 0 Å². The molecule has 3 rings (SSSR count). The molecule has 5 nitrogen and oxygen atoms in total. The van der Waals surface area contributed by atoms with Crippen molar-refractivity contribution >= 4 is 11.7 Å². The first-order chi connectivity index (χ1) is 13.1. The Labute approximate surface area is 162 Å². The minimum Gasteiger partial charge on any atom is -0.494 e. The maximum atomic E-state index is 12.7. The van der Waals surface area contributed by atoms with Gasteiger partial charge in [0.15, 0.2) is 5.78 Å². The molecule has 0 aliphatic carbocycles. The molecule has 1 aromatic carbocycles. The lowest BCUT2D eigenvalue weighted by Crippen LogP contribution is -2.45. The summed E-state index contributed by atoms with van der Waals surface area (Å²) in [5.41, 5.74) is 0.638. The summed E-state index contributed by atoms with van der Waals surface area (Å²) in [5, 5.41) is 0. The van der Waals surface area contributed by atoms with Crippen LogP contribution in [0.5, 0.6) is 5.75 Å². The Kier molecular flexibility index (Phi) is 6.89. The van der Waals surface area contributed by atoms with E-state index < -0.39 is 6.04 Å². The van der Waals surface area contributed by atoms with E-state index in [0.717, 1.165) is 31.6 Å². The van der Waals surface area contributed by atoms with Crippen LogP contribution in [0.15, 0.2) is 24.3 Å². The van der Waals surface area contributed by atoms with E-state index in [0.29, 0.717) is 31.2 Å². The number of hydrogen-bond donors (Lipinski definition) is 0. The van der Waals surface area contributed by atoms with Crippen molar-refractivity contribution in [2.75, 3.05) is 26.2 Å². The molecular weight excluding hydrogens is 340 g/mol. The number of likely N-dealkylation sites (tertiary alicyclic amines) is 2. The number of ether oxygens (including phenoxy) is 1. The van der Waals surface area contributed by atoms with Gasteiger partial charge >= 0.3 is 0 Å². The van der Waals surface area contributed by atoms with Gasteiger partial charge in [-0.1, -0.05) is 0 Å². The number of carbonyl (C=O) groups is 2. The van der Waals surface area contributed by atoms with Crippen molar-refractivity contribution in [1.82, 2.24) is 9.80 Å². The van der Waals surface area contributed by atoms with E-state index in [-0.39, 0.29) is 11.7 Å². The van der Waals surface area contributed by atoms with Crippen molar-refractivity contribution in [2.24, 2.45) is 0 Å². The van der Waals surface area contributed by atoms with Crippen LogP contribution in [0.25, 0.3) is 0 Å². The number of Topliss-reactive ketones (excluding diaryl/α,β-unsaturated/α-hetero) is 1. The Bertz CT molecular complexity index is 643. The number of benzene rings is 1. The zero-order valence-corrected chi connectivity index (χ0v) is 16.7. The van der Waals surface area contributed by atoms with Crippen molar-refractivity contribution in [3.8, 4) is 5.75 Å². The van der Waals surface area contributed by atoms with Crippen LogP contribution in [-0.4, -0.2) is 59.8 Å². The van der Waals surface area contributed by atoms with Gasteiger partial charge in [-0.05, 0) is 76.8 Å². The highest BCUT2D eigenvalue weighted by atomic mass is 16.5. The third-order valence-corrected chi connectivity index (χ3v) is 5.89. The first-order valence-electron chi connectivity index (χ1n) is 10.4. The standard InChI is InChI=1S/C22H32N2O3/c1-17-7-5-13-23(17)14-6-16-27-20-11-9-19(10-12-20)22(26)18(2)24-15-4-3-8-21(24)25/h9-12,17-18H,3-8,13-16H2,1-2H3/t17-,18?/m0/s1. The molecule has 27 heavy (non-hydrogen) atoms. The first-order valence-corrected chi connectivity index (χ1v) is 10.4. The van der Waals surface area contributed by atoms with E-state index >= 15 is 0 Å². The lowest BCUT2D eigenvalue weighted by molar-refractivity contribution is -0.134. The predicted molar refractivity (Wildman–Crippen MR) is 106 cm³/mol. The predicted octanol–water partition coefficient (Wildman–Crippen LogP) is 3.52. The second-order valence-electron chi connectivity index (χ2n) is 7.84. The Morgan fingerprint density at radius 2 is 1.96 bits per heavy atom. The molecule has 2 heterocycles. The molecule has 1 amide bonds. The molecule has 148 valence electrons. The van der Waals surface area contributed by atoms with Crippen molar-refractivity contribution in [3.05, 3.63) is 29.8 Å². The normalized spacial score (nSPS) is 22.1. The lowest BCUT2D eigenvalue weighted by Gasteiger charge is -2.31. The molecule has 0 spiro atoms. The lowest BCUT2D eigenvalue weighted by atomic mass is 10.0. The van der Waals surface area contributed by atoms with E-state index in [1.165, 1.54) is 19.4 Å². The van der Waals surface area contributed by atoms with Gasteiger partial charge in [0.25, 0.3) is 0 Å². The summed E-state index contributed by atoms with van der Waals surface area (Å²) in [7, 11) is 0. The summed E-state index contributed by atoms with van der Waals surface area (Å²) >= 11 is 0. The summed E-state index contributed by atoms with van der Waals surface area (Å²) in [5.74, 6) is 0.886. The fourth-order valence-electron chi connectivity index (χ4n) is 4.12. The van der Waals surface area contributed by atoms with Crippen LogP contribution in [0.4, 0.5) is 0 Å². The molecule has 0 N–H and O–H groups in total. The second kappa shape index (κ2) is 9.36. The highest BCUT2D eigenvalue weighted by Gasteiger charge is 2.28. The topological polar surface area (TPSA) is 49.9 Å². The number of amides is 1. The van der Waals surface area contributed by atoms with Gasteiger partial charge in [-0.2, -0.15) is 0 Å². The van der Waals surface area contributed by atoms with Crippen molar-refractivity contribution < 1.29 is 14.3 Å².